The molecule has 1 unspecified atom stereocenters. The monoisotopic (exact) mass is 217 g/mol. The van der Waals surface area contributed by atoms with Gasteiger partial charge in [0, 0.05) is 5.69 Å². The number of hydrogen-bond donors (Lipinski definition) is 3. The lowest BCUT2D eigenvalue weighted by Gasteiger charge is -2.03. The first kappa shape index (κ1) is 9.21. The fourth-order valence-corrected chi connectivity index (χ4v) is 2.22. The third-order valence-corrected chi connectivity index (χ3v) is 3.00. The summed E-state index contributed by atoms with van der Waals surface area (Å²) in [6.45, 7) is 1.98. The number of carbonyl (C=O) groups is 1. The zero-order valence-corrected chi connectivity index (χ0v) is 8.74. The summed E-state index contributed by atoms with van der Waals surface area (Å²) in [6.07, 6.45) is 0.765. The van der Waals surface area contributed by atoms with E-state index in [9.17, 15) is 9.90 Å². The summed E-state index contributed by atoms with van der Waals surface area (Å²) in [5.74, 6) is -0.0624. The molecule has 0 spiro atoms. The van der Waals surface area contributed by atoms with Crippen LogP contribution < -0.4 is 5.32 Å². The molecule has 1 aromatic heterocycles. The summed E-state index contributed by atoms with van der Waals surface area (Å²) in [5, 5.41) is 12.1. The van der Waals surface area contributed by atoms with Crippen molar-refractivity contribution in [2.75, 3.05) is 5.32 Å². The van der Waals surface area contributed by atoms with Crippen molar-refractivity contribution in [1.82, 2.24) is 9.97 Å². The van der Waals surface area contributed by atoms with Crippen molar-refractivity contribution in [3.05, 3.63) is 17.7 Å². The highest BCUT2D eigenvalue weighted by Crippen LogP contribution is 2.37. The Hall–Kier alpha value is -2.04. The molecule has 1 aromatic carbocycles. The van der Waals surface area contributed by atoms with E-state index in [0.717, 1.165) is 23.2 Å². The maximum absolute atomic E-state index is 11.6. The van der Waals surface area contributed by atoms with Gasteiger partial charge in [-0.1, -0.05) is 6.92 Å². The minimum atomic E-state index is -0.0990. The molecular formula is C11H11N3O2. The van der Waals surface area contributed by atoms with Crippen LogP contribution in [-0.4, -0.2) is 21.0 Å². The number of nitrogens with zero attached hydrogens (tertiary/aromatic N) is 1. The number of H-pyrrole nitrogens is 1. The lowest BCUT2D eigenvalue weighted by Crippen LogP contribution is -2.10. The number of fused-ring (bicyclic) bond motifs is 2. The highest BCUT2D eigenvalue weighted by Gasteiger charge is 2.29. The molecule has 1 atom stereocenters. The number of aromatic hydroxyl groups is 1. The van der Waals surface area contributed by atoms with E-state index in [0.29, 0.717) is 5.52 Å². The standard InChI is InChI=1S/C11H11N3O2/c1-2-5-6-3-8-9(14-11(16)13-8)4-7(6)12-10(5)15/h3-5H,2H2,1H3,(H,12,15)(H2,13,14,16). The van der Waals surface area contributed by atoms with E-state index in [-0.39, 0.29) is 17.8 Å². The zero-order valence-electron chi connectivity index (χ0n) is 8.74. The first-order valence-corrected chi connectivity index (χ1v) is 5.22. The quantitative estimate of drug-likeness (QED) is 0.680. The summed E-state index contributed by atoms with van der Waals surface area (Å²) in [4.78, 5) is 18.3. The number of hydrogen-bond acceptors (Lipinski definition) is 3. The molecule has 5 heteroatoms. The van der Waals surface area contributed by atoms with Gasteiger partial charge < -0.3 is 15.4 Å². The van der Waals surface area contributed by atoms with Gasteiger partial charge in [0.1, 0.15) is 0 Å². The maximum Gasteiger partial charge on any atom is 0.292 e. The third-order valence-electron chi connectivity index (χ3n) is 3.00. The molecule has 0 aliphatic carbocycles. The molecule has 3 N–H and O–H groups in total. The molecule has 16 heavy (non-hydrogen) atoms. The number of aromatic amines is 1. The first-order valence-electron chi connectivity index (χ1n) is 5.22. The van der Waals surface area contributed by atoms with Crippen molar-refractivity contribution in [1.29, 1.82) is 0 Å². The minimum absolute atomic E-state index is 0.0365. The fraction of sp³-hybridized carbons (Fsp3) is 0.273. The summed E-state index contributed by atoms with van der Waals surface area (Å²) >= 11 is 0. The van der Waals surface area contributed by atoms with E-state index >= 15 is 0 Å². The molecule has 1 aliphatic rings. The van der Waals surface area contributed by atoms with Crippen LogP contribution in [0.1, 0.15) is 24.8 Å². The number of imidazole rings is 1. The predicted molar refractivity (Wildman–Crippen MR) is 59.4 cm³/mol. The smallest absolute Gasteiger partial charge is 0.292 e. The Labute approximate surface area is 91.5 Å². The van der Waals surface area contributed by atoms with Gasteiger partial charge in [0.25, 0.3) is 6.01 Å². The van der Waals surface area contributed by atoms with Crippen molar-refractivity contribution < 1.29 is 9.90 Å². The molecule has 1 amide bonds. The van der Waals surface area contributed by atoms with Crippen molar-refractivity contribution >= 4 is 22.6 Å². The lowest BCUT2D eigenvalue weighted by molar-refractivity contribution is -0.117. The summed E-state index contributed by atoms with van der Waals surface area (Å²) < 4.78 is 0. The minimum Gasteiger partial charge on any atom is -0.480 e. The van der Waals surface area contributed by atoms with Crippen molar-refractivity contribution in [2.45, 2.75) is 19.3 Å². The fourth-order valence-electron chi connectivity index (χ4n) is 2.22. The van der Waals surface area contributed by atoms with Gasteiger partial charge >= 0.3 is 0 Å². The van der Waals surface area contributed by atoms with E-state index in [1.807, 2.05) is 19.1 Å². The Balaban J connectivity index is 2.24. The number of rotatable bonds is 1. The van der Waals surface area contributed by atoms with E-state index in [4.69, 9.17) is 0 Å². The van der Waals surface area contributed by atoms with E-state index in [2.05, 4.69) is 15.3 Å². The van der Waals surface area contributed by atoms with Crippen molar-refractivity contribution in [2.24, 2.45) is 0 Å². The predicted octanol–water partition coefficient (Wildman–Crippen LogP) is 1.71. The number of benzene rings is 1. The second-order valence-corrected chi connectivity index (χ2v) is 3.97. The van der Waals surface area contributed by atoms with Crippen LogP contribution in [-0.2, 0) is 4.79 Å². The van der Waals surface area contributed by atoms with Gasteiger partial charge in [0.15, 0.2) is 0 Å². The van der Waals surface area contributed by atoms with Gasteiger partial charge in [-0.15, -0.1) is 0 Å². The molecule has 3 rings (SSSR count). The van der Waals surface area contributed by atoms with E-state index in [1.54, 1.807) is 0 Å². The van der Waals surface area contributed by atoms with Gasteiger partial charge in [0.2, 0.25) is 5.91 Å². The Morgan fingerprint density at radius 2 is 2.31 bits per heavy atom. The number of carbonyl (C=O) groups excluding carboxylic acids is 1. The molecule has 1 aliphatic heterocycles. The van der Waals surface area contributed by atoms with Gasteiger partial charge in [-0.05, 0) is 24.1 Å². The Kier molecular flexibility index (Phi) is 1.71. The number of nitrogens with one attached hydrogen (secondary N) is 2. The molecule has 2 aromatic rings. The summed E-state index contributed by atoms with van der Waals surface area (Å²) in [7, 11) is 0. The molecule has 0 fully saturated rings. The van der Waals surface area contributed by atoms with Crippen molar-refractivity contribution in [3.63, 3.8) is 0 Å². The van der Waals surface area contributed by atoms with Crippen LogP contribution >= 0.6 is 0 Å². The topological polar surface area (TPSA) is 78.0 Å². The van der Waals surface area contributed by atoms with E-state index < -0.39 is 0 Å². The van der Waals surface area contributed by atoms with Gasteiger partial charge in [-0.2, -0.15) is 4.98 Å². The second-order valence-electron chi connectivity index (χ2n) is 3.97. The van der Waals surface area contributed by atoms with Crippen LogP contribution in [0, 0.1) is 0 Å². The average molecular weight is 217 g/mol. The van der Waals surface area contributed by atoms with Gasteiger partial charge in [-0.3, -0.25) is 4.79 Å². The Bertz CT molecular complexity index is 588. The number of aromatic nitrogens is 2. The Morgan fingerprint density at radius 1 is 1.50 bits per heavy atom. The van der Waals surface area contributed by atoms with Crippen LogP contribution in [0.3, 0.4) is 0 Å². The van der Waals surface area contributed by atoms with Gasteiger partial charge in [-0.25, -0.2) is 0 Å². The zero-order chi connectivity index (χ0) is 11.3. The van der Waals surface area contributed by atoms with Crippen LogP contribution in [0.2, 0.25) is 0 Å². The van der Waals surface area contributed by atoms with Crippen LogP contribution in [0.15, 0.2) is 12.1 Å². The highest BCUT2D eigenvalue weighted by atomic mass is 16.3. The maximum atomic E-state index is 11.6. The van der Waals surface area contributed by atoms with Crippen LogP contribution in [0.4, 0.5) is 5.69 Å². The summed E-state index contributed by atoms with van der Waals surface area (Å²) in [6, 6.07) is 3.57. The SMILES string of the molecule is CCC1C(=O)Nc2cc3[nH]c(O)nc3cc21. The Morgan fingerprint density at radius 3 is 3.06 bits per heavy atom. The molecule has 5 nitrogen and oxygen atoms in total. The second kappa shape index (κ2) is 2.98. The first-order chi connectivity index (χ1) is 7.69. The highest BCUT2D eigenvalue weighted by molar-refractivity contribution is 6.05. The number of anilines is 1. The van der Waals surface area contributed by atoms with E-state index in [1.165, 1.54) is 0 Å². The molecular weight excluding hydrogens is 206 g/mol. The molecule has 82 valence electrons. The summed E-state index contributed by atoms with van der Waals surface area (Å²) in [5.41, 5.74) is 3.19. The average Bonchev–Trinajstić information content (AvgIpc) is 2.71. The largest absolute Gasteiger partial charge is 0.480 e. The molecule has 2 heterocycles. The number of amides is 1. The molecule has 0 bridgehead atoms. The normalized spacial score (nSPS) is 18.8. The van der Waals surface area contributed by atoms with Crippen LogP contribution in [0.25, 0.3) is 11.0 Å². The lowest BCUT2D eigenvalue weighted by atomic mass is 9.98. The molecule has 0 radical (unpaired) electrons. The van der Waals surface area contributed by atoms with Crippen LogP contribution in [0.5, 0.6) is 6.01 Å². The third kappa shape index (κ3) is 1.11. The van der Waals surface area contributed by atoms with Gasteiger partial charge in [0.05, 0.1) is 17.0 Å². The molecule has 0 saturated heterocycles. The molecule has 0 saturated carbocycles. The van der Waals surface area contributed by atoms with Crippen molar-refractivity contribution in [3.8, 4) is 6.01 Å².